The number of hydrogen-bond donors (Lipinski definition) is 1. The van der Waals surface area contributed by atoms with Crippen molar-refractivity contribution in [2.45, 2.75) is 43.7 Å². The summed E-state index contributed by atoms with van der Waals surface area (Å²) >= 11 is 0. The van der Waals surface area contributed by atoms with Crippen LogP contribution in [0.2, 0.25) is 0 Å². The lowest BCUT2D eigenvalue weighted by Gasteiger charge is -2.23. The summed E-state index contributed by atoms with van der Waals surface area (Å²) in [6, 6.07) is 15.5. The summed E-state index contributed by atoms with van der Waals surface area (Å²) in [6.07, 6.45) is 4.64. The number of piperidine rings is 1. The van der Waals surface area contributed by atoms with Crippen molar-refractivity contribution in [3.05, 3.63) is 65.7 Å². The first kappa shape index (κ1) is 26.1. The highest BCUT2D eigenvalue weighted by Gasteiger charge is 2.48. The summed E-state index contributed by atoms with van der Waals surface area (Å²) in [5.74, 6) is 0.883. The monoisotopic (exact) mass is 523 g/mol. The Morgan fingerprint density at radius 2 is 1.75 bits per heavy atom. The fourth-order valence-electron chi connectivity index (χ4n) is 4.30. The van der Waals surface area contributed by atoms with Crippen molar-refractivity contribution >= 4 is 20.9 Å². The van der Waals surface area contributed by atoms with Crippen LogP contribution in [0.1, 0.15) is 36.8 Å². The largest absolute Gasteiger partial charge is 0.534 e. The van der Waals surface area contributed by atoms with Gasteiger partial charge in [0.1, 0.15) is 17.2 Å². The second-order valence-corrected chi connectivity index (χ2v) is 10.3. The number of rotatable bonds is 9. The van der Waals surface area contributed by atoms with Gasteiger partial charge in [-0.15, -0.1) is 0 Å². The normalized spacial score (nSPS) is 16.6. The highest BCUT2D eigenvalue weighted by molar-refractivity contribution is 7.88. The number of ether oxygens (including phenoxy) is 2. The maximum Gasteiger partial charge on any atom is 0.534 e. The third kappa shape index (κ3) is 6.22. The van der Waals surface area contributed by atoms with Crippen LogP contribution in [0, 0.1) is 0 Å². The molecule has 3 aromatic carbocycles. The Morgan fingerprint density at radius 3 is 2.42 bits per heavy atom. The second kappa shape index (κ2) is 11.0. The molecule has 1 atom stereocenters. The van der Waals surface area contributed by atoms with E-state index < -0.39 is 15.6 Å². The molecule has 4 rings (SSSR count). The Morgan fingerprint density at radius 1 is 1.00 bits per heavy atom. The Hall–Kier alpha value is -2.98. The van der Waals surface area contributed by atoms with Crippen molar-refractivity contribution in [3.8, 4) is 17.2 Å². The van der Waals surface area contributed by atoms with Crippen LogP contribution in [0.25, 0.3) is 10.8 Å². The van der Waals surface area contributed by atoms with E-state index in [-0.39, 0.29) is 12.2 Å². The molecule has 6 nitrogen and oxygen atoms in total. The molecule has 1 aliphatic rings. The molecule has 1 N–H and O–H groups in total. The van der Waals surface area contributed by atoms with Gasteiger partial charge in [0.15, 0.2) is 0 Å². The van der Waals surface area contributed by atoms with E-state index in [1.807, 2.05) is 0 Å². The molecule has 36 heavy (non-hydrogen) atoms. The number of nitrogens with one attached hydrogen (secondary N) is 1. The summed E-state index contributed by atoms with van der Waals surface area (Å²) in [7, 11) is -4.32. The van der Waals surface area contributed by atoms with Crippen molar-refractivity contribution in [2.75, 3.05) is 20.3 Å². The molecule has 1 heterocycles. The van der Waals surface area contributed by atoms with Gasteiger partial charge in [0.2, 0.25) is 0 Å². The van der Waals surface area contributed by atoms with Gasteiger partial charge in [0, 0.05) is 18.0 Å². The van der Waals surface area contributed by atoms with E-state index in [1.165, 1.54) is 32.1 Å². The van der Waals surface area contributed by atoms with Crippen LogP contribution in [-0.2, 0) is 16.5 Å². The van der Waals surface area contributed by atoms with E-state index in [0.717, 1.165) is 24.9 Å². The van der Waals surface area contributed by atoms with E-state index in [2.05, 4.69) is 9.50 Å². The van der Waals surface area contributed by atoms with E-state index in [9.17, 15) is 21.6 Å². The number of benzene rings is 3. The number of halogens is 3. The number of methoxy groups -OCH3 is 1. The van der Waals surface area contributed by atoms with Crippen LogP contribution in [-0.4, -0.2) is 40.2 Å². The molecule has 0 aliphatic carbocycles. The molecular weight excluding hydrogens is 495 g/mol. The second-order valence-electron chi connectivity index (χ2n) is 8.72. The predicted molar refractivity (Wildman–Crippen MR) is 131 cm³/mol. The minimum atomic E-state index is -5.82. The summed E-state index contributed by atoms with van der Waals surface area (Å²) in [5, 5.41) is 4.72. The molecule has 1 saturated heterocycles. The van der Waals surface area contributed by atoms with Gasteiger partial charge in [-0.3, -0.25) is 0 Å². The molecule has 0 spiro atoms. The zero-order chi connectivity index (χ0) is 25.8. The van der Waals surface area contributed by atoms with Crippen LogP contribution in [0.5, 0.6) is 17.2 Å². The van der Waals surface area contributed by atoms with Gasteiger partial charge in [-0.05, 0) is 72.5 Å². The van der Waals surface area contributed by atoms with Crippen molar-refractivity contribution in [3.63, 3.8) is 0 Å². The standard InChI is InChI=1S/C26H28F3NO5S/c1-33-22-10-11-23-19(17-22)7-12-25(35-36(31,32)26(27,28)29)24(23)16-18-5-8-21(9-6-18)34-15-13-20-4-2-3-14-30-20/h5-12,17,20,30H,2-4,13-16H2,1H3. The Balaban J connectivity index is 1.55. The lowest BCUT2D eigenvalue weighted by molar-refractivity contribution is -0.0500. The highest BCUT2D eigenvalue weighted by atomic mass is 32.2. The van der Waals surface area contributed by atoms with E-state index in [0.29, 0.717) is 40.5 Å². The van der Waals surface area contributed by atoms with Crippen LogP contribution in [0.4, 0.5) is 13.2 Å². The Kier molecular flexibility index (Phi) is 7.94. The molecule has 3 aromatic rings. The molecular formula is C26H28F3NO5S. The first-order chi connectivity index (χ1) is 17.2. The predicted octanol–water partition coefficient (Wildman–Crippen LogP) is 5.58. The maximum absolute atomic E-state index is 13.0. The molecule has 0 saturated carbocycles. The average molecular weight is 524 g/mol. The number of alkyl halides is 3. The quantitative estimate of drug-likeness (QED) is 0.292. The molecule has 1 aliphatic heterocycles. The lowest BCUT2D eigenvalue weighted by atomic mass is 9.97. The van der Waals surface area contributed by atoms with Crippen molar-refractivity contribution in [1.29, 1.82) is 0 Å². The van der Waals surface area contributed by atoms with Crippen LogP contribution >= 0.6 is 0 Å². The van der Waals surface area contributed by atoms with Gasteiger partial charge in [0.05, 0.1) is 13.7 Å². The van der Waals surface area contributed by atoms with Gasteiger partial charge in [-0.1, -0.05) is 30.7 Å². The topological polar surface area (TPSA) is 73.9 Å². The molecule has 1 fully saturated rings. The van der Waals surface area contributed by atoms with Gasteiger partial charge >= 0.3 is 15.6 Å². The van der Waals surface area contributed by atoms with Gasteiger partial charge in [0.25, 0.3) is 0 Å². The van der Waals surface area contributed by atoms with Crippen LogP contribution < -0.4 is 19.0 Å². The van der Waals surface area contributed by atoms with Gasteiger partial charge < -0.3 is 19.0 Å². The number of hydrogen-bond acceptors (Lipinski definition) is 6. The summed E-state index contributed by atoms with van der Waals surface area (Å²) < 4.78 is 78.1. The molecule has 1 unspecified atom stereocenters. The van der Waals surface area contributed by atoms with E-state index in [4.69, 9.17) is 9.47 Å². The van der Waals surface area contributed by atoms with E-state index in [1.54, 1.807) is 42.5 Å². The minimum Gasteiger partial charge on any atom is -0.497 e. The summed E-state index contributed by atoms with van der Waals surface area (Å²) in [4.78, 5) is 0. The smallest absolute Gasteiger partial charge is 0.497 e. The zero-order valence-electron chi connectivity index (χ0n) is 19.8. The third-order valence-electron chi connectivity index (χ3n) is 6.23. The van der Waals surface area contributed by atoms with Crippen molar-refractivity contribution in [1.82, 2.24) is 5.32 Å². The minimum absolute atomic E-state index is 0.151. The zero-order valence-corrected chi connectivity index (χ0v) is 20.6. The molecule has 0 radical (unpaired) electrons. The van der Waals surface area contributed by atoms with E-state index >= 15 is 0 Å². The Labute approximate surface area is 208 Å². The SMILES string of the molecule is COc1ccc2c(Cc3ccc(OCCC4CCCCN4)cc3)c(OS(=O)(=O)C(F)(F)F)ccc2c1. The average Bonchev–Trinajstić information content (AvgIpc) is 2.86. The first-order valence-corrected chi connectivity index (χ1v) is 13.1. The molecule has 194 valence electrons. The molecule has 0 bridgehead atoms. The van der Waals surface area contributed by atoms with Crippen molar-refractivity contribution in [2.24, 2.45) is 0 Å². The fraction of sp³-hybridized carbons (Fsp3) is 0.385. The van der Waals surface area contributed by atoms with Crippen LogP contribution in [0.3, 0.4) is 0 Å². The van der Waals surface area contributed by atoms with Crippen LogP contribution in [0.15, 0.2) is 54.6 Å². The molecule has 0 aromatic heterocycles. The van der Waals surface area contributed by atoms with Gasteiger partial charge in [-0.2, -0.15) is 21.6 Å². The van der Waals surface area contributed by atoms with Crippen molar-refractivity contribution < 1.29 is 35.2 Å². The summed E-state index contributed by atoms with van der Waals surface area (Å²) in [6.45, 7) is 1.62. The molecule has 10 heteroatoms. The lowest BCUT2D eigenvalue weighted by Crippen LogP contribution is -2.35. The number of fused-ring (bicyclic) bond motifs is 1. The Bertz CT molecular complexity index is 1290. The highest BCUT2D eigenvalue weighted by Crippen LogP contribution is 2.35. The summed E-state index contributed by atoms with van der Waals surface area (Å²) in [5.41, 5.74) is -4.46. The first-order valence-electron chi connectivity index (χ1n) is 11.7. The van der Waals surface area contributed by atoms with Gasteiger partial charge in [-0.25, -0.2) is 0 Å². The third-order valence-corrected chi connectivity index (χ3v) is 7.20. The molecule has 0 amide bonds. The fourth-order valence-corrected chi connectivity index (χ4v) is 4.79. The maximum atomic E-state index is 13.0.